The van der Waals surface area contributed by atoms with Crippen LogP contribution in [0.15, 0.2) is 35.8 Å². The molecule has 0 radical (unpaired) electrons. The number of nitrogens with zero attached hydrogens (tertiary/aromatic N) is 3. The van der Waals surface area contributed by atoms with Gasteiger partial charge in [0.1, 0.15) is 10.6 Å². The number of ether oxygens (including phenoxy) is 1. The molecule has 0 fully saturated rings. The van der Waals surface area contributed by atoms with Gasteiger partial charge in [-0.2, -0.15) is 0 Å². The smallest absolute Gasteiger partial charge is 0.265 e. The predicted molar refractivity (Wildman–Crippen MR) is 112 cm³/mol. The second-order valence-corrected chi connectivity index (χ2v) is 8.69. The largest absolute Gasteiger partial charge is 0.481 e. The first-order chi connectivity index (χ1) is 13.1. The van der Waals surface area contributed by atoms with Gasteiger partial charge in [0, 0.05) is 32.6 Å². The number of carbonyl (C=O) groups excluding carboxylic acids is 2. The first-order valence-electron chi connectivity index (χ1n) is 9.27. The first kappa shape index (κ1) is 21.9. The number of para-hydroxylation sites is 1. The highest BCUT2D eigenvalue weighted by atomic mass is 32.1. The maximum absolute atomic E-state index is 12.8. The molecule has 1 aromatic carbocycles. The van der Waals surface area contributed by atoms with Crippen LogP contribution in [0.4, 0.5) is 0 Å². The van der Waals surface area contributed by atoms with Crippen molar-refractivity contribution in [1.82, 2.24) is 14.8 Å². The quantitative estimate of drug-likeness (QED) is 0.710. The Hall–Kier alpha value is -2.41. The number of benzene rings is 1. The van der Waals surface area contributed by atoms with E-state index in [0.717, 1.165) is 5.69 Å². The minimum atomic E-state index is -0.595. The summed E-state index contributed by atoms with van der Waals surface area (Å²) < 4.78 is 5.69. The van der Waals surface area contributed by atoms with Crippen molar-refractivity contribution >= 4 is 23.2 Å². The fourth-order valence-electron chi connectivity index (χ4n) is 2.68. The molecule has 0 spiro atoms. The van der Waals surface area contributed by atoms with Crippen molar-refractivity contribution in [2.75, 3.05) is 27.2 Å². The molecule has 28 heavy (non-hydrogen) atoms. The van der Waals surface area contributed by atoms with Crippen molar-refractivity contribution in [1.29, 1.82) is 0 Å². The van der Waals surface area contributed by atoms with E-state index in [4.69, 9.17) is 4.74 Å². The Balaban J connectivity index is 1.91. The lowest BCUT2D eigenvalue weighted by Gasteiger charge is -2.25. The highest BCUT2D eigenvalue weighted by Crippen LogP contribution is 2.27. The topological polar surface area (TPSA) is 62.7 Å². The summed E-state index contributed by atoms with van der Waals surface area (Å²) in [5.74, 6) is 0.462. The van der Waals surface area contributed by atoms with Crippen LogP contribution in [-0.4, -0.2) is 59.9 Å². The van der Waals surface area contributed by atoms with Crippen molar-refractivity contribution in [3.05, 3.63) is 46.4 Å². The second kappa shape index (κ2) is 9.19. The van der Waals surface area contributed by atoms with Gasteiger partial charge in [-0.1, -0.05) is 39.0 Å². The Morgan fingerprint density at radius 1 is 1.11 bits per heavy atom. The molecule has 0 aliphatic rings. The second-order valence-electron chi connectivity index (χ2n) is 7.84. The van der Waals surface area contributed by atoms with Crippen molar-refractivity contribution in [3.8, 4) is 5.75 Å². The maximum atomic E-state index is 12.8. The molecule has 0 saturated carbocycles. The molecule has 2 amide bonds. The van der Waals surface area contributed by atoms with E-state index in [-0.39, 0.29) is 17.2 Å². The van der Waals surface area contributed by atoms with Gasteiger partial charge in [0.15, 0.2) is 6.10 Å². The van der Waals surface area contributed by atoms with E-state index in [9.17, 15) is 9.59 Å². The summed E-state index contributed by atoms with van der Waals surface area (Å²) in [5.41, 5.74) is 2.33. The molecule has 6 nitrogen and oxygen atoms in total. The number of rotatable bonds is 7. The number of thiazole rings is 1. The molecule has 0 aliphatic carbocycles. The number of aromatic nitrogens is 1. The lowest BCUT2D eigenvalue weighted by molar-refractivity contribution is -0.136. The van der Waals surface area contributed by atoms with Crippen molar-refractivity contribution < 1.29 is 14.3 Å². The average Bonchev–Trinajstić information content (AvgIpc) is 3.15. The van der Waals surface area contributed by atoms with Crippen LogP contribution in [0.5, 0.6) is 5.75 Å². The third kappa shape index (κ3) is 5.55. The van der Waals surface area contributed by atoms with Gasteiger partial charge < -0.3 is 14.5 Å². The number of hydrogen-bond donors (Lipinski definition) is 0. The van der Waals surface area contributed by atoms with Crippen molar-refractivity contribution in [2.45, 2.75) is 39.2 Å². The summed E-state index contributed by atoms with van der Waals surface area (Å²) in [5, 5.41) is 0. The summed E-state index contributed by atoms with van der Waals surface area (Å²) in [4.78, 5) is 33.6. The third-order valence-electron chi connectivity index (χ3n) is 4.37. The number of amides is 2. The molecule has 152 valence electrons. The summed E-state index contributed by atoms with van der Waals surface area (Å²) in [6, 6.07) is 9.26. The molecular formula is C21H29N3O3S. The highest BCUT2D eigenvalue weighted by Gasteiger charge is 2.27. The Bertz CT molecular complexity index is 799. The average molecular weight is 404 g/mol. The van der Waals surface area contributed by atoms with Gasteiger partial charge in [-0.25, -0.2) is 4.98 Å². The Morgan fingerprint density at radius 2 is 1.71 bits per heavy atom. The van der Waals surface area contributed by atoms with E-state index in [1.54, 1.807) is 36.3 Å². The Kier molecular flexibility index (Phi) is 7.18. The first-order valence-corrected chi connectivity index (χ1v) is 10.2. The standard InChI is InChI=1S/C21H29N3O3S/c1-15(27-16-10-8-7-9-11-16)19(25)23(5)12-13-24(6)20(26)17-18(21(2,3)4)22-14-28-17/h7-11,14-15H,12-13H2,1-6H3. The molecule has 1 unspecified atom stereocenters. The molecule has 2 aromatic rings. The van der Waals surface area contributed by atoms with Crippen LogP contribution in [-0.2, 0) is 10.2 Å². The van der Waals surface area contributed by atoms with Crippen LogP contribution in [0.1, 0.15) is 43.1 Å². The van der Waals surface area contributed by atoms with E-state index < -0.39 is 6.10 Å². The van der Waals surface area contributed by atoms with Gasteiger partial charge in [0.2, 0.25) is 0 Å². The van der Waals surface area contributed by atoms with E-state index in [1.807, 2.05) is 51.1 Å². The summed E-state index contributed by atoms with van der Waals surface area (Å²) >= 11 is 1.36. The molecule has 2 rings (SSSR count). The fourth-order valence-corrected chi connectivity index (χ4v) is 3.67. The minimum Gasteiger partial charge on any atom is -0.481 e. The van der Waals surface area contributed by atoms with Crippen LogP contribution in [0.2, 0.25) is 0 Å². The molecule has 0 bridgehead atoms. The van der Waals surface area contributed by atoms with Crippen LogP contribution in [0, 0.1) is 0 Å². The van der Waals surface area contributed by atoms with Crippen LogP contribution in [0.3, 0.4) is 0 Å². The molecule has 7 heteroatoms. The van der Waals surface area contributed by atoms with Crippen LogP contribution >= 0.6 is 11.3 Å². The molecule has 0 N–H and O–H groups in total. The third-order valence-corrected chi connectivity index (χ3v) is 5.18. The Labute approximate surface area is 171 Å². The number of carbonyl (C=O) groups is 2. The number of hydrogen-bond acceptors (Lipinski definition) is 5. The molecule has 1 atom stereocenters. The summed E-state index contributed by atoms with van der Waals surface area (Å²) in [6.07, 6.45) is -0.595. The van der Waals surface area contributed by atoms with E-state index in [1.165, 1.54) is 11.3 Å². The zero-order chi connectivity index (χ0) is 20.9. The van der Waals surface area contributed by atoms with Gasteiger partial charge in [0.25, 0.3) is 11.8 Å². The lowest BCUT2D eigenvalue weighted by Crippen LogP contribution is -2.42. The number of likely N-dealkylation sites (N-methyl/N-ethyl adjacent to an activating group) is 2. The lowest BCUT2D eigenvalue weighted by atomic mass is 9.91. The molecule has 1 aromatic heterocycles. The molecule has 1 heterocycles. The predicted octanol–water partition coefficient (Wildman–Crippen LogP) is 3.44. The SMILES string of the molecule is CC(Oc1ccccc1)C(=O)N(C)CCN(C)C(=O)c1scnc1C(C)(C)C. The van der Waals surface area contributed by atoms with Crippen LogP contribution < -0.4 is 4.74 Å². The minimum absolute atomic E-state index is 0.0677. The molecule has 0 aliphatic heterocycles. The summed E-state index contributed by atoms with van der Waals surface area (Å²) in [7, 11) is 3.47. The zero-order valence-corrected chi connectivity index (χ0v) is 18.2. The van der Waals surface area contributed by atoms with Crippen molar-refractivity contribution in [3.63, 3.8) is 0 Å². The van der Waals surface area contributed by atoms with E-state index in [0.29, 0.717) is 23.7 Å². The van der Waals surface area contributed by atoms with E-state index in [2.05, 4.69) is 4.98 Å². The maximum Gasteiger partial charge on any atom is 0.265 e. The highest BCUT2D eigenvalue weighted by molar-refractivity contribution is 7.11. The van der Waals surface area contributed by atoms with Gasteiger partial charge in [-0.05, 0) is 19.1 Å². The Morgan fingerprint density at radius 3 is 2.32 bits per heavy atom. The normalized spacial score (nSPS) is 12.4. The zero-order valence-electron chi connectivity index (χ0n) is 17.4. The monoisotopic (exact) mass is 403 g/mol. The summed E-state index contributed by atoms with van der Waals surface area (Å²) in [6.45, 7) is 8.71. The fraction of sp³-hybridized carbons (Fsp3) is 0.476. The van der Waals surface area contributed by atoms with Gasteiger partial charge in [-0.15, -0.1) is 11.3 Å². The van der Waals surface area contributed by atoms with Gasteiger partial charge in [0.05, 0.1) is 11.2 Å². The molecule has 0 saturated heterocycles. The van der Waals surface area contributed by atoms with Gasteiger partial charge >= 0.3 is 0 Å². The van der Waals surface area contributed by atoms with Crippen molar-refractivity contribution in [2.24, 2.45) is 0 Å². The van der Waals surface area contributed by atoms with Crippen LogP contribution in [0.25, 0.3) is 0 Å². The van der Waals surface area contributed by atoms with E-state index >= 15 is 0 Å². The molecular weight excluding hydrogens is 374 g/mol. The van der Waals surface area contributed by atoms with Gasteiger partial charge in [-0.3, -0.25) is 9.59 Å².